The number of benzene rings is 1. The number of hydrogen-bond acceptors (Lipinski definition) is 4. The van der Waals surface area contributed by atoms with E-state index in [0.29, 0.717) is 24.5 Å². The van der Waals surface area contributed by atoms with Crippen molar-refractivity contribution >= 4 is 5.97 Å². The summed E-state index contributed by atoms with van der Waals surface area (Å²) >= 11 is 0. The Labute approximate surface area is 118 Å². The third-order valence-corrected chi connectivity index (χ3v) is 3.62. The zero-order valence-corrected chi connectivity index (χ0v) is 11.7. The number of aromatic carboxylic acids is 1. The molecule has 5 heteroatoms. The van der Waals surface area contributed by atoms with Gasteiger partial charge in [0.1, 0.15) is 12.4 Å². The quantitative estimate of drug-likeness (QED) is 0.746. The van der Waals surface area contributed by atoms with E-state index in [4.69, 9.17) is 14.6 Å². The first-order valence-corrected chi connectivity index (χ1v) is 6.91. The second-order valence-corrected chi connectivity index (χ2v) is 5.00. The lowest BCUT2D eigenvalue weighted by Gasteiger charge is -2.13. The van der Waals surface area contributed by atoms with Gasteiger partial charge < -0.3 is 19.9 Å². The van der Waals surface area contributed by atoms with Crippen molar-refractivity contribution in [1.29, 1.82) is 0 Å². The first-order valence-electron chi connectivity index (χ1n) is 6.91. The molecule has 1 aromatic carbocycles. The summed E-state index contributed by atoms with van der Waals surface area (Å²) < 4.78 is 10.9. The maximum atomic E-state index is 10.7. The van der Waals surface area contributed by atoms with Gasteiger partial charge >= 0.3 is 5.97 Å². The smallest absolute Gasteiger partial charge is 0.335 e. The van der Waals surface area contributed by atoms with Crippen molar-refractivity contribution in [3.8, 4) is 5.75 Å². The normalized spacial score (nSPS) is 21.9. The van der Waals surface area contributed by atoms with Gasteiger partial charge in [-0.25, -0.2) is 4.79 Å². The van der Waals surface area contributed by atoms with Crippen LogP contribution in [-0.4, -0.2) is 43.5 Å². The van der Waals surface area contributed by atoms with Crippen LogP contribution >= 0.6 is 0 Å². The minimum absolute atomic E-state index is 0.270. The van der Waals surface area contributed by atoms with Crippen molar-refractivity contribution in [3.63, 3.8) is 0 Å². The fraction of sp³-hybridized carbons (Fsp3) is 0.533. The fourth-order valence-corrected chi connectivity index (χ4v) is 2.47. The van der Waals surface area contributed by atoms with Crippen molar-refractivity contribution < 1.29 is 19.4 Å². The van der Waals surface area contributed by atoms with Crippen molar-refractivity contribution in [3.05, 3.63) is 29.8 Å². The van der Waals surface area contributed by atoms with E-state index < -0.39 is 5.97 Å². The lowest BCUT2D eigenvalue weighted by Crippen LogP contribution is -2.31. The van der Waals surface area contributed by atoms with E-state index >= 15 is 0 Å². The number of carboxylic acid groups (broad SMARTS) is 1. The number of ether oxygens (including phenoxy) is 2. The standard InChI is InChI=1S/C15H21NO4/c1-19-14-7-4-12(10-14)16-8-9-20-13-5-2-11(3-6-13)15(17)18/h2-3,5-6,12,14,16H,4,7-10H2,1H3,(H,17,18). The average Bonchev–Trinajstić information content (AvgIpc) is 2.92. The lowest BCUT2D eigenvalue weighted by molar-refractivity contribution is 0.0697. The van der Waals surface area contributed by atoms with E-state index in [9.17, 15) is 4.79 Å². The van der Waals surface area contributed by atoms with Crippen LogP contribution in [0.5, 0.6) is 5.75 Å². The van der Waals surface area contributed by atoms with E-state index in [2.05, 4.69) is 5.32 Å². The summed E-state index contributed by atoms with van der Waals surface area (Å²) in [7, 11) is 1.76. The van der Waals surface area contributed by atoms with E-state index in [0.717, 1.165) is 25.8 Å². The van der Waals surface area contributed by atoms with Gasteiger partial charge in [-0.15, -0.1) is 0 Å². The molecule has 0 spiro atoms. The molecular weight excluding hydrogens is 258 g/mol. The van der Waals surface area contributed by atoms with E-state index in [1.165, 1.54) is 0 Å². The summed E-state index contributed by atoms with van der Waals surface area (Å²) in [5, 5.41) is 12.2. The second-order valence-electron chi connectivity index (χ2n) is 5.00. The molecule has 0 heterocycles. The SMILES string of the molecule is COC1CCC(NCCOc2ccc(C(=O)O)cc2)C1. The molecule has 1 fully saturated rings. The number of rotatable bonds is 7. The zero-order valence-electron chi connectivity index (χ0n) is 11.7. The molecule has 2 unspecified atom stereocenters. The van der Waals surface area contributed by atoms with Gasteiger partial charge in [0.15, 0.2) is 0 Å². The van der Waals surface area contributed by atoms with Crippen molar-refractivity contribution in [1.82, 2.24) is 5.32 Å². The first-order chi connectivity index (χ1) is 9.69. The topological polar surface area (TPSA) is 67.8 Å². The van der Waals surface area contributed by atoms with Gasteiger partial charge in [-0.3, -0.25) is 0 Å². The highest BCUT2D eigenvalue weighted by Crippen LogP contribution is 2.21. The Bertz CT molecular complexity index is 432. The summed E-state index contributed by atoms with van der Waals surface area (Å²) in [5.74, 6) is -0.231. The fourth-order valence-electron chi connectivity index (χ4n) is 2.47. The molecule has 0 amide bonds. The van der Waals surface area contributed by atoms with Crippen LogP contribution in [0.4, 0.5) is 0 Å². The monoisotopic (exact) mass is 279 g/mol. The Kier molecular flexibility index (Phi) is 5.38. The van der Waals surface area contributed by atoms with Crippen molar-refractivity contribution in [2.45, 2.75) is 31.4 Å². The average molecular weight is 279 g/mol. The maximum absolute atomic E-state index is 10.7. The maximum Gasteiger partial charge on any atom is 0.335 e. The van der Waals surface area contributed by atoms with Crippen LogP contribution in [0.3, 0.4) is 0 Å². The zero-order chi connectivity index (χ0) is 14.4. The van der Waals surface area contributed by atoms with Gasteiger partial charge in [0.25, 0.3) is 0 Å². The van der Waals surface area contributed by atoms with Crippen molar-refractivity contribution in [2.24, 2.45) is 0 Å². The molecular formula is C15H21NO4. The van der Waals surface area contributed by atoms with Crippen LogP contribution in [0.25, 0.3) is 0 Å². The second kappa shape index (κ2) is 7.26. The number of carboxylic acids is 1. The molecule has 1 saturated carbocycles. The van der Waals surface area contributed by atoms with Gasteiger partial charge in [-0.05, 0) is 43.5 Å². The highest BCUT2D eigenvalue weighted by molar-refractivity contribution is 5.87. The molecule has 0 saturated heterocycles. The summed E-state index contributed by atoms with van der Waals surface area (Å²) in [5.41, 5.74) is 0.270. The number of nitrogens with one attached hydrogen (secondary N) is 1. The third kappa shape index (κ3) is 4.21. The molecule has 1 aliphatic carbocycles. The Hall–Kier alpha value is -1.59. The molecule has 2 rings (SSSR count). The molecule has 110 valence electrons. The molecule has 2 atom stereocenters. The predicted molar refractivity (Wildman–Crippen MR) is 75.3 cm³/mol. The number of methoxy groups -OCH3 is 1. The number of carbonyl (C=O) groups is 1. The predicted octanol–water partition coefficient (Wildman–Crippen LogP) is 1.92. The molecule has 0 bridgehead atoms. The molecule has 0 radical (unpaired) electrons. The van der Waals surface area contributed by atoms with Crippen LogP contribution in [0.1, 0.15) is 29.6 Å². The van der Waals surface area contributed by atoms with Gasteiger partial charge in [0.05, 0.1) is 11.7 Å². The molecule has 2 N–H and O–H groups in total. The van der Waals surface area contributed by atoms with Gasteiger partial charge in [-0.2, -0.15) is 0 Å². The third-order valence-electron chi connectivity index (χ3n) is 3.62. The Morgan fingerprint density at radius 1 is 1.35 bits per heavy atom. The van der Waals surface area contributed by atoms with Gasteiger partial charge in [-0.1, -0.05) is 0 Å². The summed E-state index contributed by atoms with van der Waals surface area (Å²) in [6, 6.07) is 6.97. The Morgan fingerprint density at radius 2 is 2.10 bits per heavy atom. The van der Waals surface area contributed by atoms with Crippen LogP contribution in [0.2, 0.25) is 0 Å². The number of hydrogen-bond donors (Lipinski definition) is 2. The minimum atomic E-state index is -0.924. The van der Waals surface area contributed by atoms with E-state index in [-0.39, 0.29) is 5.56 Å². The summed E-state index contributed by atoms with van der Waals surface area (Å²) in [6.07, 6.45) is 3.71. The van der Waals surface area contributed by atoms with Crippen LogP contribution in [-0.2, 0) is 4.74 Å². The highest BCUT2D eigenvalue weighted by atomic mass is 16.5. The summed E-state index contributed by atoms with van der Waals surface area (Å²) in [4.78, 5) is 10.7. The summed E-state index contributed by atoms with van der Waals surface area (Å²) in [6.45, 7) is 1.35. The lowest BCUT2D eigenvalue weighted by atomic mass is 10.2. The largest absolute Gasteiger partial charge is 0.492 e. The van der Waals surface area contributed by atoms with Gasteiger partial charge in [0, 0.05) is 19.7 Å². The Morgan fingerprint density at radius 3 is 2.70 bits per heavy atom. The molecule has 0 aliphatic heterocycles. The van der Waals surface area contributed by atoms with Crippen LogP contribution < -0.4 is 10.1 Å². The molecule has 1 aliphatic rings. The molecule has 20 heavy (non-hydrogen) atoms. The van der Waals surface area contributed by atoms with Crippen LogP contribution in [0.15, 0.2) is 24.3 Å². The highest BCUT2D eigenvalue weighted by Gasteiger charge is 2.23. The molecule has 1 aromatic rings. The first kappa shape index (κ1) is 14.8. The van der Waals surface area contributed by atoms with Crippen LogP contribution in [0, 0.1) is 0 Å². The Balaban J connectivity index is 1.65. The van der Waals surface area contributed by atoms with E-state index in [1.807, 2.05) is 0 Å². The molecule has 5 nitrogen and oxygen atoms in total. The minimum Gasteiger partial charge on any atom is -0.492 e. The van der Waals surface area contributed by atoms with E-state index in [1.54, 1.807) is 31.4 Å². The molecule has 0 aromatic heterocycles. The van der Waals surface area contributed by atoms with Crippen molar-refractivity contribution in [2.75, 3.05) is 20.3 Å². The van der Waals surface area contributed by atoms with Gasteiger partial charge in [0.2, 0.25) is 0 Å².